The van der Waals surface area contributed by atoms with Gasteiger partial charge in [-0.15, -0.1) is 0 Å². The number of furan rings is 1. The van der Waals surface area contributed by atoms with Gasteiger partial charge in [0.1, 0.15) is 17.8 Å². The van der Waals surface area contributed by atoms with Crippen molar-refractivity contribution in [2.24, 2.45) is 0 Å². The molecule has 0 aliphatic carbocycles. The van der Waals surface area contributed by atoms with E-state index in [-0.39, 0.29) is 5.82 Å². The van der Waals surface area contributed by atoms with Crippen LogP contribution < -0.4 is 5.32 Å². The van der Waals surface area contributed by atoms with Crippen molar-refractivity contribution in [1.29, 1.82) is 0 Å². The van der Waals surface area contributed by atoms with Gasteiger partial charge in [-0.3, -0.25) is 0 Å². The van der Waals surface area contributed by atoms with Crippen LogP contribution in [0.3, 0.4) is 0 Å². The van der Waals surface area contributed by atoms with Crippen molar-refractivity contribution in [3.63, 3.8) is 0 Å². The molecule has 0 bridgehead atoms. The Labute approximate surface area is 110 Å². The fourth-order valence-corrected chi connectivity index (χ4v) is 1.68. The summed E-state index contributed by atoms with van der Waals surface area (Å²) >= 11 is 0. The molecule has 1 aromatic carbocycles. The smallest absolute Gasteiger partial charge is 0.341 e. The maximum Gasteiger partial charge on any atom is 0.341 e. The van der Waals surface area contributed by atoms with E-state index in [1.54, 1.807) is 12.1 Å². The molecule has 2 aromatic rings. The zero-order valence-corrected chi connectivity index (χ0v) is 10.5. The van der Waals surface area contributed by atoms with Crippen LogP contribution in [0.25, 0.3) is 0 Å². The van der Waals surface area contributed by atoms with E-state index in [9.17, 15) is 9.18 Å². The summed E-state index contributed by atoms with van der Waals surface area (Å²) < 4.78 is 22.7. The normalized spacial score (nSPS) is 10.4. The third-order valence-electron chi connectivity index (χ3n) is 2.59. The number of benzene rings is 1. The standard InChI is InChI=1S/C14H14FNO3/c1-18-14(17)11-6-13(19-9-11)8-16-7-10-3-2-4-12(15)5-10/h2-6,9,16H,7-8H2,1H3. The summed E-state index contributed by atoms with van der Waals surface area (Å²) in [4.78, 5) is 11.2. The lowest BCUT2D eigenvalue weighted by atomic mass is 10.2. The maximum atomic E-state index is 13.0. The number of nitrogens with one attached hydrogen (secondary N) is 1. The Morgan fingerprint density at radius 2 is 2.21 bits per heavy atom. The van der Waals surface area contributed by atoms with Crippen LogP contribution in [0.15, 0.2) is 41.0 Å². The first kappa shape index (κ1) is 13.3. The minimum absolute atomic E-state index is 0.259. The van der Waals surface area contributed by atoms with Gasteiger partial charge in [0.05, 0.1) is 19.2 Å². The number of ether oxygens (including phenoxy) is 1. The lowest BCUT2D eigenvalue weighted by Crippen LogP contribution is -2.12. The number of halogens is 1. The predicted octanol–water partition coefficient (Wildman–Crippen LogP) is 2.50. The van der Waals surface area contributed by atoms with Gasteiger partial charge < -0.3 is 14.5 Å². The Kier molecular flexibility index (Phi) is 4.30. The van der Waals surface area contributed by atoms with Gasteiger partial charge in [0.15, 0.2) is 0 Å². The molecule has 4 nitrogen and oxygen atoms in total. The van der Waals surface area contributed by atoms with Gasteiger partial charge in [0.2, 0.25) is 0 Å². The minimum Gasteiger partial charge on any atom is -0.467 e. The molecule has 0 unspecified atom stereocenters. The Hall–Kier alpha value is -2.14. The maximum absolute atomic E-state index is 13.0. The number of carbonyl (C=O) groups excluding carboxylic acids is 1. The number of carbonyl (C=O) groups is 1. The van der Waals surface area contributed by atoms with E-state index in [1.165, 1.54) is 25.5 Å². The molecule has 0 aliphatic heterocycles. The fourth-order valence-electron chi connectivity index (χ4n) is 1.68. The third-order valence-corrected chi connectivity index (χ3v) is 2.59. The molecule has 1 N–H and O–H groups in total. The summed E-state index contributed by atoms with van der Waals surface area (Å²) in [5.41, 5.74) is 1.23. The van der Waals surface area contributed by atoms with Gasteiger partial charge in [0, 0.05) is 6.54 Å². The van der Waals surface area contributed by atoms with E-state index in [0.29, 0.717) is 24.4 Å². The van der Waals surface area contributed by atoms with Crippen LogP contribution in [0.5, 0.6) is 0 Å². The Bertz CT molecular complexity index is 565. The molecule has 0 fully saturated rings. The van der Waals surface area contributed by atoms with Gasteiger partial charge in [-0.25, -0.2) is 9.18 Å². The Balaban J connectivity index is 1.86. The van der Waals surface area contributed by atoms with Crippen LogP contribution in [0, 0.1) is 5.82 Å². The predicted molar refractivity (Wildman–Crippen MR) is 67.0 cm³/mol. The Morgan fingerprint density at radius 1 is 1.37 bits per heavy atom. The topological polar surface area (TPSA) is 51.5 Å². The summed E-state index contributed by atoms with van der Waals surface area (Å²) in [5, 5.41) is 3.10. The van der Waals surface area contributed by atoms with Gasteiger partial charge in [-0.1, -0.05) is 12.1 Å². The average molecular weight is 263 g/mol. The largest absolute Gasteiger partial charge is 0.467 e. The van der Waals surface area contributed by atoms with Crippen molar-refractivity contribution in [1.82, 2.24) is 5.32 Å². The van der Waals surface area contributed by atoms with Crippen molar-refractivity contribution in [3.8, 4) is 0 Å². The molecule has 0 atom stereocenters. The highest BCUT2D eigenvalue weighted by molar-refractivity contribution is 5.88. The molecule has 0 amide bonds. The molecule has 0 spiro atoms. The quantitative estimate of drug-likeness (QED) is 0.842. The van der Waals surface area contributed by atoms with Crippen LogP contribution in [0.4, 0.5) is 4.39 Å². The SMILES string of the molecule is COC(=O)c1coc(CNCc2cccc(F)c2)c1. The summed E-state index contributed by atoms with van der Waals surface area (Å²) in [6, 6.07) is 7.98. The molecule has 1 aromatic heterocycles. The number of hydrogen-bond donors (Lipinski definition) is 1. The highest BCUT2D eigenvalue weighted by atomic mass is 19.1. The fraction of sp³-hybridized carbons (Fsp3) is 0.214. The second kappa shape index (κ2) is 6.15. The lowest BCUT2D eigenvalue weighted by Gasteiger charge is -2.02. The zero-order valence-electron chi connectivity index (χ0n) is 10.5. The monoisotopic (exact) mass is 263 g/mol. The van der Waals surface area contributed by atoms with Crippen LogP contribution >= 0.6 is 0 Å². The highest BCUT2D eigenvalue weighted by Crippen LogP contribution is 2.09. The van der Waals surface area contributed by atoms with Crippen molar-refractivity contribution in [2.75, 3.05) is 7.11 Å². The molecule has 5 heteroatoms. The van der Waals surface area contributed by atoms with E-state index < -0.39 is 5.97 Å². The first-order valence-corrected chi connectivity index (χ1v) is 5.80. The first-order chi connectivity index (χ1) is 9.19. The van der Waals surface area contributed by atoms with Gasteiger partial charge in [-0.05, 0) is 23.8 Å². The first-order valence-electron chi connectivity index (χ1n) is 5.80. The molecule has 1 heterocycles. The summed E-state index contributed by atoms with van der Waals surface area (Å²) in [6.45, 7) is 0.972. The van der Waals surface area contributed by atoms with Gasteiger partial charge in [-0.2, -0.15) is 0 Å². The highest BCUT2D eigenvalue weighted by Gasteiger charge is 2.09. The van der Waals surface area contributed by atoms with Gasteiger partial charge >= 0.3 is 5.97 Å². The average Bonchev–Trinajstić information content (AvgIpc) is 2.87. The van der Waals surface area contributed by atoms with Gasteiger partial charge in [0.25, 0.3) is 0 Å². The van der Waals surface area contributed by atoms with E-state index in [2.05, 4.69) is 10.1 Å². The van der Waals surface area contributed by atoms with Crippen molar-refractivity contribution < 1.29 is 18.3 Å². The molecule has 0 radical (unpaired) electrons. The molecular weight excluding hydrogens is 249 g/mol. The van der Waals surface area contributed by atoms with Crippen LogP contribution in [0.1, 0.15) is 21.7 Å². The molecule has 0 saturated carbocycles. The second-order valence-electron chi connectivity index (χ2n) is 4.03. The molecule has 19 heavy (non-hydrogen) atoms. The van der Waals surface area contributed by atoms with E-state index in [0.717, 1.165) is 5.56 Å². The van der Waals surface area contributed by atoms with E-state index >= 15 is 0 Å². The summed E-state index contributed by atoms with van der Waals surface area (Å²) in [7, 11) is 1.32. The summed E-state index contributed by atoms with van der Waals surface area (Å²) in [5.74, 6) is -0.0674. The minimum atomic E-state index is -0.430. The number of methoxy groups -OCH3 is 1. The van der Waals surface area contributed by atoms with Crippen molar-refractivity contribution in [3.05, 3.63) is 59.3 Å². The van der Waals surface area contributed by atoms with Crippen molar-refractivity contribution in [2.45, 2.75) is 13.1 Å². The van der Waals surface area contributed by atoms with Crippen molar-refractivity contribution >= 4 is 5.97 Å². The molecular formula is C14H14FNO3. The van der Waals surface area contributed by atoms with E-state index in [4.69, 9.17) is 4.42 Å². The van der Waals surface area contributed by atoms with E-state index in [1.807, 2.05) is 6.07 Å². The summed E-state index contributed by atoms with van der Waals surface area (Å²) in [6.07, 6.45) is 1.35. The van der Waals surface area contributed by atoms with Crippen LogP contribution in [-0.2, 0) is 17.8 Å². The number of rotatable bonds is 5. The molecule has 2 rings (SSSR count). The van der Waals surface area contributed by atoms with Crippen LogP contribution in [0.2, 0.25) is 0 Å². The third kappa shape index (κ3) is 3.66. The molecule has 0 saturated heterocycles. The number of hydrogen-bond acceptors (Lipinski definition) is 4. The Morgan fingerprint density at radius 3 is 2.95 bits per heavy atom. The molecule has 100 valence electrons. The number of esters is 1. The lowest BCUT2D eigenvalue weighted by molar-refractivity contribution is 0.0600. The second-order valence-corrected chi connectivity index (χ2v) is 4.03. The zero-order chi connectivity index (χ0) is 13.7. The molecule has 0 aliphatic rings. The van der Waals surface area contributed by atoms with Crippen LogP contribution in [-0.4, -0.2) is 13.1 Å².